The van der Waals surface area contributed by atoms with Crippen LogP contribution < -0.4 is 5.32 Å². The first-order chi connectivity index (χ1) is 7.84. The monoisotopic (exact) mass is 250 g/mol. The molecule has 4 heteroatoms. The van der Waals surface area contributed by atoms with Gasteiger partial charge in [-0.2, -0.15) is 5.26 Å². The summed E-state index contributed by atoms with van der Waals surface area (Å²) in [5.74, 6) is -0.347. The van der Waals surface area contributed by atoms with Crippen molar-refractivity contribution in [3.05, 3.63) is 28.8 Å². The number of amides is 1. The summed E-state index contributed by atoms with van der Waals surface area (Å²) in [5, 5.41) is 11.5. The summed E-state index contributed by atoms with van der Waals surface area (Å²) in [6.45, 7) is 6.24. The smallest absolute Gasteiger partial charge is 0.238 e. The Labute approximate surface area is 106 Å². The van der Waals surface area contributed by atoms with E-state index in [9.17, 15) is 4.79 Å². The van der Waals surface area contributed by atoms with Gasteiger partial charge >= 0.3 is 0 Å². The van der Waals surface area contributed by atoms with Crippen LogP contribution >= 0.6 is 11.6 Å². The molecule has 0 saturated heterocycles. The number of nitrogens with one attached hydrogen (secondary N) is 1. The molecule has 1 N–H and O–H groups in total. The second-order valence-corrected chi connectivity index (χ2v) is 5.23. The van der Waals surface area contributed by atoms with Crippen LogP contribution in [0, 0.1) is 11.3 Å². The second kappa shape index (κ2) is 5.20. The Morgan fingerprint density at radius 1 is 1.47 bits per heavy atom. The fraction of sp³-hybridized carbons (Fsp3) is 0.385. The fourth-order valence-electron chi connectivity index (χ4n) is 1.35. The van der Waals surface area contributed by atoms with E-state index in [1.807, 2.05) is 12.1 Å². The Morgan fingerprint density at radius 2 is 2.12 bits per heavy atom. The first kappa shape index (κ1) is 13.5. The van der Waals surface area contributed by atoms with Gasteiger partial charge in [0.15, 0.2) is 0 Å². The average Bonchev–Trinajstić information content (AvgIpc) is 2.20. The Balaban J connectivity index is 3.00. The van der Waals surface area contributed by atoms with Gasteiger partial charge in [-0.05, 0) is 23.1 Å². The lowest BCUT2D eigenvalue weighted by Crippen LogP contribution is -2.14. The highest BCUT2D eigenvalue weighted by molar-refractivity contribution is 6.33. The highest BCUT2D eigenvalue weighted by Crippen LogP contribution is 2.29. The molecule has 0 saturated carbocycles. The molecule has 0 aliphatic carbocycles. The van der Waals surface area contributed by atoms with Crippen LogP contribution in [0.1, 0.15) is 32.8 Å². The lowest BCUT2D eigenvalue weighted by molar-refractivity contribution is -0.115. The Bertz CT molecular complexity index is 469. The maximum Gasteiger partial charge on any atom is 0.238 e. The Kier molecular flexibility index (Phi) is 4.14. The van der Waals surface area contributed by atoms with E-state index in [2.05, 4.69) is 26.1 Å². The fourth-order valence-corrected chi connectivity index (χ4v) is 1.52. The number of halogens is 1. The van der Waals surface area contributed by atoms with Crippen molar-refractivity contribution in [2.45, 2.75) is 32.6 Å². The van der Waals surface area contributed by atoms with Crippen LogP contribution in [0.25, 0.3) is 0 Å². The summed E-state index contributed by atoms with van der Waals surface area (Å²) < 4.78 is 0. The highest BCUT2D eigenvalue weighted by atomic mass is 35.5. The lowest BCUT2D eigenvalue weighted by Gasteiger charge is -2.20. The zero-order valence-corrected chi connectivity index (χ0v) is 10.9. The van der Waals surface area contributed by atoms with Gasteiger partial charge in [0.2, 0.25) is 5.91 Å². The number of anilines is 1. The highest BCUT2D eigenvalue weighted by Gasteiger charge is 2.15. The molecule has 3 nitrogen and oxygen atoms in total. The summed E-state index contributed by atoms with van der Waals surface area (Å²) in [7, 11) is 0. The zero-order chi connectivity index (χ0) is 13.1. The summed E-state index contributed by atoms with van der Waals surface area (Å²) in [6.07, 6.45) is -0.171. The number of carbonyl (C=O) groups is 1. The molecule has 17 heavy (non-hydrogen) atoms. The SMILES string of the molecule is CC(C)(C)c1ccc(Cl)c(NC(=O)CC#N)c1. The summed E-state index contributed by atoms with van der Waals surface area (Å²) in [4.78, 5) is 11.3. The van der Waals surface area contributed by atoms with Crippen LogP contribution in [0.5, 0.6) is 0 Å². The van der Waals surface area contributed by atoms with Crippen molar-refractivity contribution in [2.24, 2.45) is 0 Å². The molecule has 0 spiro atoms. The summed E-state index contributed by atoms with van der Waals surface area (Å²) >= 11 is 5.99. The Morgan fingerprint density at radius 3 is 2.65 bits per heavy atom. The van der Waals surface area contributed by atoms with E-state index in [1.165, 1.54) is 0 Å². The minimum atomic E-state index is -0.347. The van der Waals surface area contributed by atoms with Crippen LogP contribution in [0.4, 0.5) is 5.69 Å². The molecule has 0 heterocycles. The summed E-state index contributed by atoms with van der Waals surface area (Å²) in [6, 6.07) is 7.33. The van der Waals surface area contributed by atoms with Gasteiger partial charge in [-0.25, -0.2) is 0 Å². The molecular formula is C13H15ClN2O. The van der Waals surface area contributed by atoms with Crippen LogP contribution in [-0.2, 0) is 10.2 Å². The van der Waals surface area contributed by atoms with E-state index in [0.29, 0.717) is 10.7 Å². The van der Waals surface area contributed by atoms with Gasteiger partial charge in [0.25, 0.3) is 0 Å². The number of hydrogen-bond donors (Lipinski definition) is 1. The molecule has 1 aromatic carbocycles. The predicted octanol–water partition coefficient (Wildman–Crippen LogP) is 3.49. The van der Waals surface area contributed by atoms with Crippen molar-refractivity contribution in [1.29, 1.82) is 5.26 Å². The second-order valence-electron chi connectivity index (χ2n) is 4.83. The standard InChI is InChI=1S/C13H15ClN2O/c1-13(2,3)9-4-5-10(14)11(8-9)16-12(17)6-7-15/h4-5,8H,6H2,1-3H3,(H,16,17). The minimum Gasteiger partial charge on any atom is -0.324 e. The first-order valence-corrected chi connectivity index (χ1v) is 5.69. The van der Waals surface area contributed by atoms with Crippen molar-refractivity contribution >= 4 is 23.2 Å². The molecule has 0 bridgehead atoms. The lowest BCUT2D eigenvalue weighted by atomic mass is 9.87. The van der Waals surface area contributed by atoms with Gasteiger partial charge in [0.05, 0.1) is 16.8 Å². The maximum atomic E-state index is 11.3. The number of rotatable bonds is 2. The number of carbonyl (C=O) groups excluding carboxylic acids is 1. The molecule has 1 amide bonds. The van der Waals surface area contributed by atoms with Crippen LogP contribution in [0.15, 0.2) is 18.2 Å². The molecule has 1 aromatic rings. The van der Waals surface area contributed by atoms with Crippen LogP contribution in [0.3, 0.4) is 0 Å². The van der Waals surface area contributed by atoms with E-state index in [1.54, 1.807) is 12.1 Å². The van der Waals surface area contributed by atoms with E-state index in [0.717, 1.165) is 5.56 Å². The van der Waals surface area contributed by atoms with Crippen molar-refractivity contribution in [3.63, 3.8) is 0 Å². The van der Waals surface area contributed by atoms with Crippen LogP contribution in [0.2, 0.25) is 5.02 Å². The normalized spacial score (nSPS) is 10.8. The average molecular weight is 251 g/mol. The molecule has 0 radical (unpaired) electrons. The quantitative estimate of drug-likeness (QED) is 0.874. The maximum absolute atomic E-state index is 11.3. The number of nitrogens with zero attached hydrogens (tertiary/aromatic N) is 1. The van der Waals surface area contributed by atoms with Gasteiger partial charge in [0.1, 0.15) is 6.42 Å². The predicted molar refractivity (Wildman–Crippen MR) is 69.0 cm³/mol. The van der Waals surface area contributed by atoms with Crippen molar-refractivity contribution in [2.75, 3.05) is 5.32 Å². The van der Waals surface area contributed by atoms with Crippen LogP contribution in [-0.4, -0.2) is 5.91 Å². The number of benzene rings is 1. The van der Waals surface area contributed by atoms with Crippen molar-refractivity contribution in [3.8, 4) is 6.07 Å². The molecule has 0 aliphatic rings. The zero-order valence-electron chi connectivity index (χ0n) is 10.2. The van der Waals surface area contributed by atoms with E-state index >= 15 is 0 Å². The molecule has 0 atom stereocenters. The molecule has 0 fully saturated rings. The van der Waals surface area contributed by atoms with Crippen molar-refractivity contribution in [1.82, 2.24) is 0 Å². The molecule has 0 aromatic heterocycles. The third kappa shape index (κ3) is 3.76. The third-order valence-electron chi connectivity index (χ3n) is 2.35. The van der Waals surface area contributed by atoms with E-state index < -0.39 is 0 Å². The molecule has 0 aliphatic heterocycles. The van der Waals surface area contributed by atoms with Gasteiger partial charge in [-0.3, -0.25) is 4.79 Å². The number of hydrogen-bond acceptors (Lipinski definition) is 2. The molecular weight excluding hydrogens is 236 g/mol. The third-order valence-corrected chi connectivity index (χ3v) is 2.68. The Hall–Kier alpha value is -1.53. The van der Waals surface area contributed by atoms with E-state index in [4.69, 9.17) is 16.9 Å². The van der Waals surface area contributed by atoms with Gasteiger partial charge < -0.3 is 5.32 Å². The topological polar surface area (TPSA) is 52.9 Å². The van der Waals surface area contributed by atoms with Gasteiger partial charge in [-0.1, -0.05) is 38.4 Å². The van der Waals surface area contributed by atoms with E-state index in [-0.39, 0.29) is 17.7 Å². The first-order valence-electron chi connectivity index (χ1n) is 5.31. The van der Waals surface area contributed by atoms with Gasteiger partial charge in [-0.15, -0.1) is 0 Å². The molecule has 90 valence electrons. The minimum absolute atomic E-state index is 0.0146. The van der Waals surface area contributed by atoms with Crippen molar-refractivity contribution < 1.29 is 4.79 Å². The summed E-state index contributed by atoms with van der Waals surface area (Å²) in [5.41, 5.74) is 1.62. The largest absolute Gasteiger partial charge is 0.324 e. The molecule has 1 rings (SSSR count). The number of nitriles is 1. The van der Waals surface area contributed by atoms with Gasteiger partial charge in [0, 0.05) is 0 Å². The molecule has 0 unspecified atom stereocenters.